The topological polar surface area (TPSA) is 33.0 Å². The maximum Gasteiger partial charge on any atom is 0.119 e. The van der Waals surface area contributed by atoms with Crippen LogP contribution in [0.2, 0.25) is 0 Å². The third-order valence-corrected chi connectivity index (χ3v) is 1.63. The zero-order valence-electron chi connectivity index (χ0n) is 9.29. The Morgan fingerprint density at radius 1 is 1.29 bits per heavy atom. The molecule has 0 heterocycles. The molecule has 1 aromatic rings. The second kappa shape index (κ2) is 6.97. The largest absolute Gasteiger partial charge is 0.497 e. The smallest absolute Gasteiger partial charge is 0.119 e. The van der Waals surface area contributed by atoms with Crippen LogP contribution < -0.4 is 4.74 Å². The van der Waals surface area contributed by atoms with Gasteiger partial charge in [-0.25, -0.2) is 0 Å². The highest BCUT2D eigenvalue weighted by atomic mass is 16.5. The minimum absolute atomic E-state index is 0.442. The molecule has 0 unspecified atom stereocenters. The molecular weight excluding hydrogens is 174 g/mol. The summed E-state index contributed by atoms with van der Waals surface area (Å²) in [5, 5.41) is 8.48. The molecule has 0 saturated carbocycles. The second-order valence-corrected chi connectivity index (χ2v) is 2.69. The van der Waals surface area contributed by atoms with Crippen LogP contribution in [-0.4, -0.2) is 7.11 Å². The van der Waals surface area contributed by atoms with Crippen LogP contribution >= 0.6 is 0 Å². The Bertz CT molecular complexity index is 313. The van der Waals surface area contributed by atoms with Crippen LogP contribution in [0.15, 0.2) is 18.2 Å². The summed E-state index contributed by atoms with van der Waals surface area (Å²) in [5.41, 5.74) is 2.13. The number of nitrogens with zero attached hydrogens (tertiary/aromatic N) is 1. The lowest BCUT2D eigenvalue weighted by Gasteiger charge is -2.03. The lowest BCUT2D eigenvalue weighted by atomic mass is 10.1. The van der Waals surface area contributed by atoms with Gasteiger partial charge >= 0.3 is 0 Å². The number of methoxy groups -OCH3 is 1. The molecule has 0 saturated heterocycles. The van der Waals surface area contributed by atoms with Gasteiger partial charge < -0.3 is 4.74 Å². The Morgan fingerprint density at radius 3 is 2.43 bits per heavy atom. The summed E-state index contributed by atoms with van der Waals surface area (Å²) in [6.07, 6.45) is 0.442. The number of aryl methyl sites for hydroxylation is 1. The highest BCUT2D eigenvalue weighted by Crippen LogP contribution is 2.16. The van der Waals surface area contributed by atoms with E-state index in [0.29, 0.717) is 6.42 Å². The van der Waals surface area contributed by atoms with Gasteiger partial charge in [-0.3, -0.25) is 0 Å². The van der Waals surface area contributed by atoms with Gasteiger partial charge in [0.1, 0.15) is 5.75 Å². The quantitative estimate of drug-likeness (QED) is 0.719. The molecule has 0 atom stereocenters. The summed E-state index contributed by atoms with van der Waals surface area (Å²) in [6, 6.07) is 7.93. The molecule has 0 fully saturated rings. The van der Waals surface area contributed by atoms with E-state index in [9.17, 15) is 0 Å². The summed E-state index contributed by atoms with van der Waals surface area (Å²) in [4.78, 5) is 0. The Labute approximate surface area is 86.1 Å². The van der Waals surface area contributed by atoms with Crippen LogP contribution in [0.5, 0.6) is 5.75 Å². The minimum atomic E-state index is 0.442. The first-order valence-corrected chi connectivity index (χ1v) is 4.78. The molecule has 76 valence electrons. The average Bonchev–Trinajstić information content (AvgIpc) is 2.20. The summed E-state index contributed by atoms with van der Waals surface area (Å²) in [5.74, 6) is 0.820. The monoisotopic (exact) mass is 191 g/mol. The standard InChI is InChI=1S/C10H11NO.C2H6/c1-8-5-9(3-4-11)7-10(6-8)12-2;1-2/h5-7H,3H2,1-2H3;1-2H3. The van der Waals surface area contributed by atoms with Crippen molar-refractivity contribution in [1.29, 1.82) is 5.26 Å². The fourth-order valence-corrected chi connectivity index (χ4v) is 1.14. The van der Waals surface area contributed by atoms with Gasteiger partial charge in [-0.05, 0) is 30.2 Å². The SMILES string of the molecule is CC.COc1cc(C)cc(CC#N)c1. The van der Waals surface area contributed by atoms with Gasteiger partial charge in [-0.1, -0.05) is 19.9 Å². The zero-order chi connectivity index (χ0) is 11.0. The molecule has 1 aromatic carbocycles. The molecular formula is C12H17NO. The number of hydrogen-bond acceptors (Lipinski definition) is 2. The van der Waals surface area contributed by atoms with E-state index >= 15 is 0 Å². The van der Waals surface area contributed by atoms with E-state index in [0.717, 1.165) is 16.9 Å². The Hall–Kier alpha value is -1.49. The van der Waals surface area contributed by atoms with Crippen molar-refractivity contribution < 1.29 is 4.74 Å². The summed E-state index contributed by atoms with van der Waals surface area (Å²) < 4.78 is 5.07. The van der Waals surface area contributed by atoms with E-state index in [2.05, 4.69) is 6.07 Å². The lowest BCUT2D eigenvalue weighted by molar-refractivity contribution is 0.414. The fraction of sp³-hybridized carbons (Fsp3) is 0.417. The number of benzene rings is 1. The van der Waals surface area contributed by atoms with Crippen molar-refractivity contribution in [3.05, 3.63) is 29.3 Å². The maximum atomic E-state index is 8.48. The molecule has 0 amide bonds. The summed E-state index contributed by atoms with van der Waals surface area (Å²) in [7, 11) is 1.63. The van der Waals surface area contributed by atoms with Crippen LogP contribution in [0.3, 0.4) is 0 Å². The molecule has 0 radical (unpaired) electrons. The second-order valence-electron chi connectivity index (χ2n) is 2.69. The van der Waals surface area contributed by atoms with Crippen LogP contribution in [0, 0.1) is 18.3 Å². The molecule has 0 bridgehead atoms. The first kappa shape index (κ1) is 12.5. The Balaban J connectivity index is 0.000000791. The van der Waals surface area contributed by atoms with Gasteiger partial charge in [0.25, 0.3) is 0 Å². The van der Waals surface area contributed by atoms with Gasteiger partial charge in [-0.2, -0.15) is 5.26 Å². The van der Waals surface area contributed by atoms with Crippen molar-refractivity contribution in [3.63, 3.8) is 0 Å². The molecule has 14 heavy (non-hydrogen) atoms. The van der Waals surface area contributed by atoms with Gasteiger partial charge in [-0.15, -0.1) is 0 Å². The molecule has 2 heteroatoms. The van der Waals surface area contributed by atoms with Crippen LogP contribution in [0.4, 0.5) is 0 Å². The first-order valence-electron chi connectivity index (χ1n) is 4.78. The summed E-state index contributed by atoms with van der Waals surface area (Å²) in [6.45, 7) is 5.99. The lowest BCUT2D eigenvalue weighted by Crippen LogP contribution is -1.88. The van der Waals surface area contributed by atoms with E-state index in [1.807, 2.05) is 39.0 Å². The van der Waals surface area contributed by atoms with Crippen LogP contribution in [0.1, 0.15) is 25.0 Å². The highest BCUT2D eigenvalue weighted by Gasteiger charge is 1.97. The molecule has 0 aliphatic carbocycles. The van der Waals surface area contributed by atoms with Gasteiger partial charge in [0.15, 0.2) is 0 Å². The van der Waals surface area contributed by atoms with Gasteiger partial charge in [0.2, 0.25) is 0 Å². The molecule has 0 N–H and O–H groups in total. The molecule has 0 aliphatic heterocycles. The molecule has 1 rings (SSSR count). The van der Waals surface area contributed by atoms with Crippen LogP contribution in [0.25, 0.3) is 0 Å². The Morgan fingerprint density at radius 2 is 1.93 bits per heavy atom. The predicted molar refractivity (Wildman–Crippen MR) is 58.4 cm³/mol. The number of rotatable bonds is 2. The van der Waals surface area contributed by atoms with Crippen molar-refractivity contribution in [2.45, 2.75) is 27.2 Å². The number of hydrogen-bond donors (Lipinski definition) is 0. The van der Waals surface area contributed by atoms with Gasteiger partial charge in [0.05, 0.1) is 19.6 Å². The first-order chi connectivity index (χ1) is 6.76. The van der Waals surface area contributed by atoms with E-state index in [4.69, 9.17) is 10.00 Å². The van der Waals surface area contributed by atoms with Crippen molar-refractivity contribution in [1.82, 2.24) is 0 Å². The minimum Gasteiger partial charge on any atom is -0.497 e. The van der Waals surface area contributed by atoms with Crippen molar-refractivity contribution in [2.75, 3.05) is 7.11 Å². The van der Waals surface area contributed by atoms with Crippen molar-refractivity contribution in [3.8, 4) is 11.8 Å². The highest BCUT2D eigenvalue weighted by molar-refractivity contribution is 5.34. The van der Waals surface area contributed by atoms with E-state index in [1.54, 1.807) is 7.11 Å². The third-order valence-electron chi connectivity index (χ3n) is 1.63. The van der Waals surface area contributed by atoms with Crippen molar-refractivity contribution >= 4 is 0 Å². The normalized spacial score (nSPS) is 8.21. The third kappa shape index (κ3) is 3.95. The van der Waals surface area contributed by atoms with Gasteiger partial charge in [0, 0.05) is 0 Å². The number of ether oxygens (including phenoxy) is 1. The molecule has 0 aromatic heterocycles. The van der Waals surface area contributed by atoms with E-state index in [-0.39, 0.29) is 0 Å². The van der Waals surface area contributed by atoms with Crippen molar-refractivity contribution in [2.24, 2.45) is 0 Å². The maximum absolute atomic E-state index is 8.48. The zero-order valence-corrected chi connectivity index (χ0v) is 9.29. The predicted octanol–water partition coefficient (Wildman–Crippen LogP) is 3.10. The summed E-state index contributed by atoms with van der Waals surface area (Å²) >= 11 is 0. The van der Waals surface area contributed by atoms with E-state index in [1.165, 1.54) is 0 Å². The van der Waals surface area contributed by atoms with E-state index < -0.39 is 0 Å². The Kier molecular flexibility index (Phi) is 6.22. The molecule has 0 aliphatic rings. The van der Waals surface area contributed by atoms with Crippen LogP contribution in [-0.2, 0) is 6.42 Å². The average molecular weight is 191 g/mol. The fourth-order valence-electron chi connectivity index (χ4n) is 1.14. The molecule has 2 nitrogen and oxygen atoms in total. The number of nitriles is 1. The molecule has 0 spiro atoms.